The number of morpholine rings is 1. The van der Waals surface area contributed by atoms with Crippen molar-refractivity contribution in [1.29, 1.82) is 0 Å². The van der Waals surface area contributed by atoms with Crippen LogP contribution in [0.3, 0.4) is 0 Å². The molecule has 2 fully saturated rings. The van der Waals surface area contributed by atoms with Crippen LogP contribution in [0.4, 0.5) is 0 Å². The van der Waals surface area contributed by atoms with Crippen molar-refractivity contribution >= 4 is 17.4 Å². The molecule has 8 nitrogen and oxygen atoms in total. The first-order valence-corrected chi connectivity index (χ1v) is 13.5. The fourth-order valence-corrected chi connectivity index (χ4v) is 4.99. The van der Waals surface area contributed by atoms with Crippen LogP contribution in [0.5, 0.6) is 11.5 Å². The van der Waals surface area contributed by atoms with Crippen molar-refractivity contribution < 1.29 is 28.9 Å². The number of likely N-dealkylation sites (tertiary alicyclic amines) is 1. The van der Waals surface area contributed by atoms with Crippen molar-refractivity contribution in [2.45, 2.75) is 39.3 Å². The van der Waals surface area contributed by atoms with Gasteiger partial charge >= 0.3 is 0 Å². The van der Waals surface area contributed by atoms with E-state index < -0.39 is 17.7 Å². The Morgan fingerprint density at radius 2 is 1.85 bits per heavy atom. The summed E-state index contributed by atoms with van der Waals surface area (Å²) in [6.45, 7) is 14.1. The van der Waals surface area contributed by atoms with Crippen LogP contribution in [0, 0.1) is 6.92 Å². The number of benzene rings is 2. The summed E-state index contributed by atoms with van der Waals surface area (Å²) in [7, 11) is 0. The first kappa shape index (κ1) is 28.4. The first-order valence-electron chi connectivity index (χ1n) is 13.5. The topological polar surface area (TPSA) is 88.5 Å². The number of amides is 1. The van der Waals surface area contributed by atoms with Gasteiger partial charge in [-0.2, -0.15) is 0 Å². The van der Waals surface area contributed by atoms with Crippen molar-refractivity contribution in [1.82, 2.24) is 9.80 Å². The minimum Gasteiger partial charge on any atom is -0.507 e. The smallest absolute Gasteiger partial charge is 0.295 e. The minimum absolute atomic E-state index is 0.00404. The number of hydrogen-bond donors (Lipinski definition) is 1. The summed E-state index contributed by atoms with van der Waals surface area (Å²) in [5, 5.41) is 11.4. The highest BCUT2D eigenvalue weighted by molar-refractivity contribution is 6.46. The molecule has 1 unspecified atom stereocenters. The fraction of sp³-hybridized carbons (Fsp3) is 0.419. The lowest BCUT2D eigenvalue weighted by atomic mass is 9.94. The SMILES string of the molecule is C=CCOc1ccc(C2/C(=C(\O)c3ccc(OC(C)C)c(C)c3)C(=O)C(=O)N2CCCN2CCOCC2)cc1. The highest BCUT2D eigenvalue weighted by atomic mass is 16.5. The third-order valence-electron chi connectivity index (χ3n) is 6.89. The minimum atomic E-state index is -0.713. The Morgan fingerprint density at radius 3 is 2.49 bits per heavy atom. The summed E-state index contributed by atoms with van der Waals surface area (Å²) in [4.78, 5) is 30.6. The lowest BCUT2D eigenvalue weighted by Crippen LogP contribution is -2.38. The van der Waals surface area contributed by atoms with Crippen LogP contribution in [0.1, 0.15) is 43.0 Å². The molecule has 2 aliphatic rings. The van der Waals surface area contributed by atoms with Gasteiger partial charge in [0.1, 0.15) is 23.9 Å². The van der Waals surface area contributed by atoms with E-state index in [0.29, 0.717) is 49.8 Å². The molecule has 2 heterocycles. The number of hydrogen-bond acceptors (Lipinski definition) is 7. The molecule has 2 aromatic carbocycles. The second-order valence-corrected chi connectivity index (χ2v) is 10.1. The molecule has 4 rings (SSSR count). The van der Waals surface area contributed by atoms with E-state index in [-0.39, 0.29) is 17.4 Å². The Hall–Kier alpha value is -3.62. The van der Waals surface area contributed by atoms with E-state index in [1.165, 1.54) is 0 Å². The van der Waals surface area contributed by atoms with Crippen LogP contribution < -0.4 is 9.47 Å². The number of carbonyl (C=O) groups excluding carboxylic acids is 2. The zero-order valence-electron chi connectivity index (χ0n) is 23.0. The molecule has 0 saturated carbocycles. The number of Topliss-reactive ketones (excluding diaryl/α,β-unsaturated/α-hetero) is 1. The lowest BCUT2D eigenvalue weighted by Gasteiger charge is -2.29. The third-order valence-corrected chi connectivity index (χ3v) is 6.89. The van der Waals surface area contributed by atoms with Crippen molar-refractivity contribution in [2.75, 3.05) is 46.0 Å². The number of carbonyl (C=O) groups is 2. The molecule has 2 saturated heterocycles. The molecule has 0 aromatic heterocycles. The maximum absolute atomic E-state index is 13.4. The number of aliphatic hydroxyl groups is 1. The molecular formula is C31H38N2O6. The van der Waals surface area contributed by atoms with Gasteiger partial charge < -0.3 is 24.2 Å². The summed E-state index contributed by atoms with van der Waals surface area (Å²) in [6, 6.07) is 11.8. The van der Waals surface area contributed by atoms with E-state index in [1.807, 2.05) is 32.9 Å². The predicted molar refractivity (Wildman–Crippen MR) is 150 cm³/mol. The highest BCUT2D eigenvalue weighted by Gasteiger charge is 2.45. The number of ketones is 1. The zero-order chi connectivity index (χ0) is 27.9. The number of aryl methyl sites for hydroxylation is 1. The van der Waals surface area contributed by atoms with Crippen LogP contribution in [0.15, 0.2) is 60.7 Å². The molecule has 0 aliphatic carbocycles. The van der Waals surface area contributed by atoms with Crippen LogP contribution in [0.2, 0.25) is 0 Å². The Balaban J connectivity index is 1.67. The number of ether oxygens (including phenoxy) is 3. The second-order valence-electron chi connectivity index (χ2n) is 10.1. The summed E-state index contributed by atoms with van der Waals surface area (Å²) < 4.78 is 16.9. The summed E-state index contributed by atoms with van der Waals surface area (Å²) in [5.74, 6) is -0.126. The monoisotopic (exact) mass is 534 g/mol. The van der Waals surface area contributed by atoms with E-state index in [2.05, 4.69) is 11.5 Å². The maximum atomic E-state index is 13.4. The molecule has 2 aromatic rings. The van der Waals surface area contributed by atoms with Crippen LogP contribution in [-0.2, 0) is 14.3 Å². The van der Waals surface area contributed by atoms with Gasteiger partial charge in [-0.1, -0.05) is 24.8 Å². The van der Waals surface area contributed by atoms with Gasteiger partial charge in [0.05, 0.1) is 30.9 Å². The zero-order valence-corrected chi connectivity index (χ0v) is 23.0. The Labute approximate surface area is 230 Å². The molecular weight excluding hydrogens is 496 g/mol. The molecule has 0 spiro atoms. The van der Waals surface area contributed by atoms with Crippen LogP contribution in [-0.4, -0.2) is 78.7 Å². The number of aliphatic hydroxyl groups excluding tert-OH is 1. The second kappa shape index (κ2) is 13.0. The van der Waals surface area contributed by atoms with Gasteiger partial charge in [-0.05, 0) is 68.7 Å². The van der Waals surface area contributed by atoms with Gasteiger partial charge in [0.15, 0.2) is 0 Å². The average molecular weight is 535 g/mol. The van der Waals surface area contributed by atoms with Crippen LogP contribution in [0.25, 0.3) is 5.76 Å². The Bertz CT molecular complexity index is 1210. The molecule has 8 heteroatoms. The highest BCUT2D eigenvalue weighted by Crippen LogP contribution is 2.40. The van der Waals surface area contributed by atoms with E-state index in [0.717, 1.165) is 30.8 Å². The number of nitrogens with zero attached hydrogens (tertiary/aromatic N) is 2. The van der Waals surface area contributed by atoms with E-state index >= 15 is 0 Å². The molecule has 39 heavy (non-hydrogen) atoms. The molecule has 1 N–H and O–H groups in total. The van der Waals surface area contributed by atoms with Gasteiger partial charge in [-0.3, -0.25) is 14.5 Å². The predicted octanol–water partition coefficient (Wildman–Crippen LogP) is 4.49. The van der Waals surface area contributed by atoms with Crippen molar-refractivity contribution in [3.05, 3.63) is 77.4 Å². The molecule has 1 atom stereocenters. The largest absolute Gasteiger partial charge is 0.507 e. The molecule has 208 valence electrons. The summed E-state index contributed by atoms with van der Waals surface area (Å²) >= 11 is 0. The Morgan fingerprint density at radius 1 is 1.13 bits per heavy atom. The third kappa shape index (κ3) is 6.69. The van der Waals surface area contributed by atoms with Crippen LogP contribution >= 0.6 is 0 Å². The van der Waals surface area contributed by atoms with Gasteiger partial charge in [-0.15, -0.1) is 0 Å². The quantitative estimate of drug-likeness (QED) is 0.197. The Kier molecular flexibility index (Phi) is 9.43. The van der Waals surface area contributed by atoms with Crippen molar-refractivity contribution in [3.63, 3.8) is 0 Å². The lowest BCUT2D eigenvalue weighted by molar-refractivity contribution is -0.140. The maximum Gasteiger partial charge on any atom is 0.295 e. The van der Waals surface area contributed by atoms with Crippen molar-refractivity contribution in [3.8, 4) is 11.5 Å². The molecule has 2 aliphatic heterocycles. The fourth-order valence-electron chi connectivity index (χ4n) is 4.99. The molecule has 0 radical (unpaired) electrons. The van der Waals surface area contributed by atoms with Gasteiger partial charge in [0, 0.05) is 31.7 Å². The standard InChI is InChI=1S/C31H38N2O6/c1-5-17-38-25-10-7-23(8-11-25)28-27(29(34)24-9-12-26(22(4)20-24)39-21(2)3)30(35)31(36)33(28)14-6-13-32-15-18-37-19-16-32/h5,7-12,20-21,28,34H,1,6,13-19H2,2-4H3/b29-27+. The summed E-state index contributed by atoms with van der Waals surface area (Å²) in [5.41, 5.74) is 2.10. The van der Waals surface area contributed by atoms with E-state index in [1.54, 1.807) is 41.3 Å². The first-order chi connectivity index (χ1) is 18.8. The summed E-state index contributed by atoms with van der Waals surface area (Å²) in [6.07, 6.45) is 2.37. The number of rotatable bonds is 11. The van der Waals surface area contributed by atoms with Gasteiger partial charge in [0.25, 0.3) is 11.7 Å². The normalized spacial score (nSPS) is 19.5. The average Bonchev–Trinajstić information content (AvgIpc) is 3.18. The molecule has 1 amide bonds. The van der Waals surface area contributed by atoms with Crippen molar-refractivity contribution in [2.24, 2.45) is 0 Å². The van der Waals surface area contributed by atoms with Gasteiger partial charge in [-0.25, -0.2) is 0 Å². The van der Waals surface area contributed by atoms with E-state index in [4.69, 9.17) is 14.2 Å². The van der Waals surface area contributed by atoms with E-state index in [9.17, 15) is 14.7 Å². The van der Waals surface area contributed by atoms with Gasteiger partial charge in [0.2, 0.25) is 0 Å². The molecule has 0 bridgehead atoms.